The van der Waals surface area contributed by atoms with Crippen molar-refractivity contribution in [2.45, 2.75) is 32.9 Å². The molecular weight excluding hydrogens is 396 g/mol. The number of hydrogen-bond acceptors (Lipinski definition) is 5. The second kappa shape index (κ2) is 11.9. The van der Waals surface area contributed by atoms with Gasteiger partial charge >= 0.3 is 6.03 Å². The fraction of sp³-hybridized carbons (Fsp3) is 0.318. The topological polar surface area (TPSA) is 136 Å². The summed E-state index contributed by atoms with van der Waals surface area (Å²) < 4.78 is 0. The Morgan fingerprint density at radius 1 is 1.06 bits per heavy atom. The fourth-order valence-corrected chi connectivity index (χ4v) is 2.75. The third-order valence-corrected chi connectivity index (χ3v) is 4.23. The lowest BCUT2D eigenvalue weighted by atomic mass is 10.0. The van der Waals surface area contributed by atoms with E-state index in [4.69, 9.17) is 5.26 Å². The monoisotopic (exact) mass is 422 g/mol. The zero-order valence-corrected chi connectivity index (χ0v) is 17.5. The maximum absolute atomic E-state index is 12.5. The van der Waals surface area contributed by atoms with Gasteiger partial charge in [0.1, 0.15) is 12.6 Å². The van der Waals surface area contributed by atoms with Crippen molar-refractivity contribution in [1.29, 1.82) is 5.26 Å². The van der Waals surface area contributed by atoms with Crippen LogP contribution in [0.2, 0.25) is 0 Å². The maximum Gasteiger partial charge on any atom is 0.319 e. The van der Waals surface area contributed by atoms with Crippen LogP contribution in [0.4, 0.5) is 10.5 Å². The molecule has 2 aromatic rings. The molecule has 4 N–H and O–H groups in total. The highest BCUT2D eigenvalue weighted by Crippen LogP contribution is 2.11. The Balaban J connectivity index is 1.91. The summed E-state index contributed by atoms with van der Waals surface area (Å²) >= 11 is 0. The first-order valence-electron chi connectivity index (χ1n) is 9.89. The largest absolute Gasteiger partial charge is 0.341 e. The number of benzene rings is 1. The molecule has 0 aliphatic heterocycles. The van der Waals surface area contributed by atoms with Crippen LogP contribution in [0.5, 0.6) is 0 Å². The van der Waals surface area contributed by atoms with Gasteiger partial charge < -0.3 is 21.3 Å². The number of anilines is 1. The van der Waals surface area contributed by atoms with Crippen LogP contribution in [0.25, 0.3) is 0 Å². The van der Waals surface area contributed by atoms with Gasteiger partial charge in [-0.2, -0.15) is 5.26 Å². The average Bonchev–Trinajstić information content (AvgIpc) is 2.76. The molecule has 1 aromatic carbocycles. The van der Waals surface area contributed by atoms with Gasteiger partial charge in [0.15, 0.2) is 0 Å². The SMILES string of the molecule is CC(C)CC(NC(=O)c1ccc(NC(=O)NCc2ccccn2)cc1)C(=O)NCC#N. The lowest BCUT2D eigenvalue weighted by molar-refractivity contribution is -0.123. The number of carbonyl (C=O) groups excluding carboxylic acids is 3. The van der Waals surface area contributed by atoms with Crippen LogP contribution in [-0.2, 0) is 11.3 Å². The zero-order chi connectivity index (χ0) is 22.6. The molecule has 0 radical (unpaired) electrons. The van der Waals surface area contributed by atoms with Gasteiger partial charge in [-0.05, 0) is 48.7 Å². The van der Waals surface area contributed by atoms with Gasteiger partial charge in [0.05, 0.1) is 18.3 Å². The molecule has 4 amide bonds. The van der Waals surface area contributed by atoms with Crippen molar-refractivity contribution in [3.05, 3.63) is 59.9 Å². The molecule has 9 heteroatoms. The molecule has 9 nitrogen and oxygen atoms in total. The van der Waals surface area contributed by atoms with Crippen molar-refractivity contribution in [2.24, 2.45) is 5.92 Å². The smallest absolute Gasteiger partial charge is 0.319 e. The Kier molecular flexibility index (Phi) is 8.98. The summed E-state index contributed by atoms with van der Waals surface area (Å²) in [4.78, 5) is 40.9. The van der Waals surface area contributed by atoms with Crippen LogP contribution in [0, 0.1) is 17.2 Å². The first-order chi connectivity index (χ1) is 14.9. The van der Waals surface area contributed by atoms with Crippen molar-refractivity contribution in [1.82, 2.24) is 20.9 Å². The van der Waals surface area contributed by atoms with Crippen molar-refractivity contribution in [3.8, 4) is 6.07 Å². The highest BCUT2D eigenvalue weighted by Gasteiger charge is 2.22. The van der Waals surface area contributed by atoms with Crippen LogP contribution < -0.4 is 21.3 Å². The minimum Gasteiger partial charge on any atom is -0.341 e. The van der Waals surface area contributed by atoms with Gasteiger partial charge in [-0.25, -0.2) is 4.79 Å². The van der Waals surface area contributed by atoms with Crippen molar-refractivity contribution >= 4 is 23.5 Å². The van der Waals surface area contributed by atoms with Gasteiger partial charge in [-0.15, -0.1) is 0 Å². The van der Waals surface area contributed by atoms with Gasteiger partial charge in [-0.3, -0.25) is 14.6 Å². The van der Waals surface area contributed by atoms with E-state index < -0.39 is 23.9 Å². The summed E-state index contributed by atoms with van der Waals surface area (Å²) in [6.07, 6.45) is 2.09. The number of aromatic nitrogens is 1. The molecule has 0 saturated heterocycles. The molecule has 1 heterocycles. The van der Waals surface area contributed by atoms with Gasteiger partial charge in [0, 0.05) is 17.4 Å². The second-order valence-electron chi connectivity index (χ2n) is 7.24. The molecule has 1 unspecified atom stereocenters. The Morgan fingerprint density at radius 2 is 1.81 bits per heavy atom. The highest BCUT2D eigenvalue weighted by atomic mass is 16.2. The average molecular weight is 422 g/mol. The van der Waals surface area contributed by atoms with Crippen LogP contribution in [0.3, 0.4) is 0 Å². The zero-order valence-electron chi connectivity index (χ0n) is 17.5. The molecule has 2 rings (SSSR count). The molecule has 1 aromatic heterocycles. The van der Waals surface area contributed by atoms with Crippen LogP contribution in [0.1, 0.15) is 36.3 Å². The molecule has 0 saturated carbocycles. The number of rotatable bonds is 9. The molecule has 162 valence electrons. The summed E-state index contributed by atoms with van der Waals surface area (Å²) in [6, 6.07) is 12.5. The summed E-state index contributed by atoms with van der Waals surface area (Å²) in [5.41, 5.74) is 1.60. The number of amides is 4. The predicted molar refractivity (Wildman–Crippen MR) is 116 cm³/mol. The summed E-state index contributed by atoms with van der Waals surface area (Å²) in [5.74, 6) is -0.635. The maximum atomic E-state index is 12.5. The number of pyridine rings is 1. The molecule has 1 atom stereocenters. The molecule has 0 aliphatic rings. The number of nitrogens with zero attached hydrogens (tertiary/aromatic N) is 2. The van der Waals surface area contributed by atoms with E-state index >= 15 is 0 Å². The number of hydrogen-bond donors (Lipinski definition) is 4. The van der Waals surface area contributed by atoms with Crippen molar-refractivity contribution in [3.63, 3.8) is 0 Å². The van der Waals surface area contributed by atoms with Crippen molar-refractivity contribution < 1.29 is 14.4 Å². The van der Waals surface area contributed by atoms with E-state index in [9.17, 15) is 14.4 Å². The molecular formula is C22H26N6O3. The minimum absolute atomic E-state index is 0.119. The molecule has 0 spiro atoms. The number of urea groups is 1. The van der Waals surface area contributed by atoms with E-state index in [0.717, 1.165) is 5.69 Å². The third-order valence-electron chi connectivity index (χ3n) is 4.23. The van der Waals surface area contributed by atoms with Gasteiger partial charge in [0.2, 0.25) is 5.91 Å². The third kappa shape index (κ3) is 8.14. The van der Waals surface area contributed by atoms with Crippen LogP contribution >= 0.6 is 0 Å². The van der Waals surface area contributed by atoms with E-state index in [1.165, 1.54) is 0 Å². The minimum atomic E-state index is -0.740. The van der Waals surface area contributed by atoms with Gasteiger partial charge in [-0.1, -0.05) is 19.9 Å². The predicted octanol–water partition coefficient (Wildman–Crippen LogP) is 2.19. The Bertz CT molecular complexity index is 923. The molecule has 0 aliphatic carbocycles. The Morgan fingerprint density at radius 3 is 2.42 bits per heavy atom. The normalized spacial score (nSPS) is 11.2. The van der Waals surface area contributed by atoms with E-state index in [0.29, 0.717) is 17.7 Å². The molecule has 0 fully saturated rings. The van der Waals surface area contributed by atoms with Crippen molar-refractivity contribution in [2.75, 3.05) is 11.9 Å². The highest BCUT2D eigenvalue weighted by molar-refractivity contribution is 5.98. The van der Waals surface area contributed by atoms with E-state index in [-0.39, 0.29) is 19.0 Å². The number of nitriles is 1. The number of carbonyl (C=O) groups is 3. The quantitative estimate of drug-likeness (QED) is 0.459. The second-order valence-corrected chi connectivity index (χ2v) is 7.24. The lowest BCUT2D eigenvalue weighted by Crippen LogP contribution is -2.47. The molecule has 0 bridgehead atoms. The summed E-state index contributed by atoms with van der Waals surface area (Å²) in [6.45, 7) is 4.05. The first kappa shape index (κ1) is 23.3. The van der Waals surface area contributed by atoms with E-state index in [2.05, 4.69) is 26.3 Å². The fourth-order valence-electron chi connectivity index (χ4n) is 2.75. The first-order valence-corrected chi connectivity index (χ1v) is 9.89. The molecule has 31 heavy (non-hydrogen) atoms. The summed E-state index contributed by atoms with van der Waals surface area (Å²) in [5, 5.41) is 19.2. The van der Waals surface area contributed by atoms with Gasteiger partial charge in [0.25, 0.3) is 5.91 Å². The van der Waals surface area contributed by atoms with E-state index in [1.807, 2.05) is 26.0 Å². The van der Waals surface area contributed by atoms with E-state index in [1.54, 1.807) is 42.6 Å². The Labute approximate surface area is 181 Å². The standard InChI is InChI=1S/C22H26N6O3/c1-15(2)13-19(21(30)25-12-10-23)28-20(29)16-6-8-17(9-7-16)27-22(31)26-14-18-5-3-4-11-24-18/h3-9,11,15,19H,12-14H2,1-2H3,(H,25,30)(H,28,29)(H2,26,27,31). The lowest BCUT2D eigenvalue weighted by Gasteiger charge is -2.19. The summed E-state index contributed by atoms with van der Waals surface area (Å²) in [7, 11) is 0. The Hall–Kier alpha value is -3.93. The van der Waals surface area contributed by atoms with Crippen LogP contribution in [0.15, 0.2) is 48.7 Å². The van der Waals surface area contributed by atoms with Crippen LogP contribution in [-0.4, -0.2) is 35.4 Å². The number of nitrogens with one attached hydrogen (secondary N) is 4.